The molecule has 6 rings (SSSR count). The molecule has 1 saturated heterocycles. The maximum atomic E-state index is 13.8. The fourth-order valence-corrected chi connectivity index (χ4v) is 4.16. The molecule has 31 heavy (non-hydrogen) atoms. The van der Waals surface area contributed by atoms with Crippen LogP contribution >= 0.6 is 0 Å². The summed E-state index contributed by atoms with van der Waals surface area (Å²) in [7, 11) is 0. The molecule has 0 aliphatic carbocycles. The number of furan rings is 1. The molecule has 4 aromatic heterocycles. The van der Waals surface area contributed by atoms with Crippen molar-refractivity contribution in [2.45, 2.75) is 25.8 Å². The summed E-state index contributed by atoms with van der Waals surface area (Å²) in [5.74, 6) is 2.31. The summed E-state index contributed by atoms with van der Waals surface area (Å²) in [6.45, 7) is 3.28. The summed E-state index contributed by atoms with van der Waals surface area (Å²) in [5.41, 5.74) is 2.67. The number of nitrogens with zero attached hydrogens (tertiary/aromatic N) is 6. The summed E-state index contributed by atoms with van der Waals surface area (Å²) in [6, 6.07) is 8.49. The molecule has 5 heterocycles. The minimum Gasteiger partial charge on any atom is -0.458 e. The monoisotopic (exact) mass is 418 g/mol. The predicted octanol–water partition coefficient (Wildman–Crippen LogP) is 4.22. The number of halogens is 1. The maximum Gasteiger partial charge on any atom is 0.237 e. The van der Waals surface area contributed by atoms with Gasteiger partial charge in [0.25, 0.3) is 0 Å². The van der Waals surface area contributed by atoms with Crippen LogP contribution in [0.3, 0.4) is 0 Å². The van der Waals surface area contributed by atoms with Gasteiger partial charge in [-0.15, -0.1) is 0 Å². The van der Waals surface area contributed by atoms with Crippen LogP contribution < -0.4 is 0 Å². The van der Waals surface area contributed by atoms with Crippen molar-refractivity contribution in [3.8, 4) is 17.5 Å². The number of aryl methyl sites for hydroxylation is 1. The van der Waals surface area contributed by atoms with Crippen molar-refractivity contribution in [1.82, 2.24) is 29.1 Å². The number of fused-ring (bicyclic) bond motifs is 2. The Bertz CT molecular complexity index is 1410. The predicted molar refractivity (Wildman–Crippen MR) is 111 cm³/mol. The summed E-state index contributed by atoms with van der Waals surface area (Å²) in [5, 5.41) is 0. The highest BCUT2D eigenvalue weighted by Crippen LogP contribution is 2.33. The van der Waals surface area contributed by atoms with Gasteiger partial charge in [0.05, 0.1) is 17.2 Å². The molecule has 1 aromatic carbocycles. The van der Waals surface area contributed by atoms with Crippen LogP contribution in [-0.2, 0) is 4.74 Å². The number of ether oxygens (including phenoxy) is 1. The van der Waals surface area contributed by atoms with Gasteiger partial charge in [0.1, 0.15) is 23.4 Å². The topological polar surface area (TPSA) is 83.8 Å². The Balaban J connectivity index is 1.57. The average molecular weight is 418 g/mol. The van der Waals surface area contributed by atoms with Crippen LogP contribution in [0.5, 0.6) is 0 Å². The van der Waals surface area contributed by atoms with Crippen LogP contribution in [0.2, 0.25) is 0 Å². The molecule has 1 aliphatic rings. The Morgan fingerprint density at radius 3 is 2.71 bits per heavy atom. The smallest absolute Gasteiger partial charge is 0.237 e. The minimum absolute atomic E-state index is 0.180. The van der Waals surface area contributed by atoms with Crippen LogP contribution in [0.1, 0.15) is 24.6 Å². The first-order chi connectivity index (χ1) is 15.2. The third-order valence-electron chi connectivity index (χ3n) is 5.66. The van der Waals surface area contributed by atoms with E-state index in [1.165, 1.54) is 12.1 Å². The molecule has 0 atom stereocenters. The second-order valence-corrected chi connectivity index (χ2v) is 7.69. The van der Waals surface area contributed by atoms with Crippen molar-refractivity contribution in [3.63, 3.8) is 0 Å². The van der Waals surface area contributed by atoms with Gasteiger partial charge in [-0.3, -0.25) is 4.57 Å². The third kappa shape index (κ3) is 3.00. The Kier molecular flexibility index (Phi) is 4.10. The average Bonchev–Trinajstić information content (AvgIpc) is 3.49. The Hall–Kier alpha value is -3.59. The number of rotatable bonds is 3. The summed E-state index contributed by atoms with van der Waals surface area (Å²) in [4.78, 5) is 18.5. The van der Waals surface area contributed by atoms with Gasteiger partial charge >= 0.3 is 0 Å². The second-order valence-electron chi connectivity index (χ2n) is 7.69. The highest BCUT2D eigenvalue weighted by atomic mass is 19.1. The van der Waals surface area contributed by atoms with Crippen molar-refractivity contribution in [3.05, 3.63) is 54.4 Å². The van der Waals surface area contributed by atoms with E-state index in [1.807, 2.05) is 19.1 Å². The maximum absolute atomic E-state index is 13.8. The van der Waals surface area contributed by atoms with Crippen LogP contribution in [0.4, 0.5) is 4.39 Å². The SMILES string of the molecule is Cc1ccc(-c2nc3cnc(-n4cnc5ccc(F)cc54)nc3n2C2CCOCC2)o1. The molecule has 1 fully saturated rings. The molecule has 0 N–H and O–H groups in total. The Morgan fingerprint density at radius 2 is 1.90 bits per heavy atom. The summed E-state index contributed by atoms with van der Waals surface area (Å²) >= 11 is 0. The van der Waals surface area contributed by atoms with E-state index in [2.05, 4.69) is 14.5 Å². The molecule has 0 radical (unpaired) electrons. The molecule has 0 unspecified atom stereocenters. The zero-order valence-electron chi connectivity index (χ0n) is 16.8. The van der Waals surface area contributed by atoms with E-state index in [9.17, 15) is 4.39 Å². The first kappa shape index (κ1) is 18.2. The van der Waals surface area contributed by atoms with E-state index in [1.54, 1.807) is 23.2 Å². The largest absolute Gasteiger partial charge is 0.458 e. The van der Waals surface area contributed by atoms with Crippen LogP contribution in [-0.4, -0.2) is 42.3 Å². The van der Waals surface area contributed by atoms with E-state index in [4.69, 9.17) is 19.1 Å². The highest BCUT2D eigenvalue weighted by Gasteiger charge is 2.25. The van der Waals surface area contributed by atoms with Crippen LogP contribution in [0, 0.1) is 12.7 Å². The number of imidazole rings is 2. The highest BCUT2D eigenvalue weighted by molar-refractivity contribution is 5.79. The standard InChI is InChI=1S/C22H19FN6O2/c1-13-2-5-19(31-13)21-26-17-11-24-22(27-20(17)29(21)15-6-8-30-9-7-15)28-12-25-16-4-3-14(23)10-18(16)28/h2-5,10-12,15H,6-9H2,1H3. The van der Waals surface area contributed by atoms with E-state index in [0.717, 1.165) is 24.4 Å². The van der Waals surface area contributed by atoms with Gasteiger partial charge in [-0.2, -0.15) is 4.98 Å². The second kappa shape index (κ2) is 6.98. The first-order valence-corrected chi connectivity index (χ1v) is 10.2. The van der Waals surface area contributed by atoms with Gasteiger partial charge in [-0.05, 0) is 44.0 Å². The van der Waals surface area contributed by atoms with E-state index in [0.29, 0.717) is 47.1 Å². The number of benzene rings is 1. The lowest BCUT2D eigenvalue weighted by Crippen LogP contribution is -2.20. The molecule has 0 amide bonds. The lowest BCUT2D eigenvalue weighted by atomic mass is 10.1. The van der Waals surface area contributed by atoms with Gasteiger partial charge in [0, 0.05) is 25.3 Å². The van der Waals surface area contributed by atoms with E-state index < -0.39 is 0 Å². The molecule has 8 nitrogen and oxygen atoms in total. The molecule has 9 heteroatoms. The fourth-order valence-electron chi connectivity index (χ4n) is 4.16. The van der Waals surface area contributed by atoms with Crippen molar-refractivity contribution in [2.75, 3.05) is 13.2 Å². The van der Waals surface area contributed by atoms with Crippen molar-refractivity contribution >= 4 is 22.2 Å². The molecule has 0 spiro atoms. The number of hydrogen-bond acceptors (Lipinski definition) is 6. The van der Waals surface area contributed by atoms with E-state index in [-0.39, 0.29) is 11.9 Å². The number of hydrogen-bond donors (Lipinski definition) is 0. The third-order valence-corrected chi connectivity index (χ3v) is 5.66. The molecule has 5 aromatic rings. The lowest BCUT2D eigenvalue weighted by Gasteiger charge is -2.25. The molecular weight excluding hydrogens is 399 g/mol. The summed E-state index contributed by atoms with van der Waals surface area (Å²) in [6.07, 6.45) is 5.02. The molecule has 156 valence electrons. The molecule has 1 aliphatic heterocycles. The zero-order chi connectivity index (χ0) is 20.9. The zero-order valence-corrected chi connectivity index (χ0v) is 16.8. The Labute approximate surface area is 176 Å². The summed E-state index contributed by atoms with van der Waals surface area (Å²) < 4.78 is 29.1. The van der Waals surface area contributed by atoms with Gasteiger partial charge in [0.2, 0.25) is 5.95 Å². The van der Waals surface area contributed by atoms with Gasteiger partial charge in [-0.1, -0.05) is 0 Å². The van der Waals surface area contributed by atoms with Crippen LogP contribution in [0.25, 0.3) is 39.7 Å². The lowest BCUT2D eigenvalue weighted by molar-refractivity contribution is 0.0707. The van der Waals surface area contributed by atoms with Gasteiger partial charge in [0.15, 0.2) is 17.2 Å². The quantitative estimate of drug-likeness (QED) is 0.436. The van der Waals surface area contributed by atoms with Crippen molar-refractivity contribution < 1.29 is 13.5 Å². The van der Waals surface area contributed by atoms with Crippen LogP contribution in [0.15, 0.2) is 47.3 Å². The van der Waals surface area contributed by atoms with Gasteiger partial charge < -0.3 is 13.7 Å². The molecule has 0 saturated carbocycles. The number of aromatic nitrogens is 6. The van der Waals surface area contributed by atoms with Crippen molar-refractivity contribution in [2.24, 2.45) is 0 Å². The fraction of sp³-hybridized carbons (Fsp3) is 0.273. The van der Waals surface area contributed by atoms with Crippen molar-refractivity contribution in [1.29, 1.82) is 0 Å². The molecular formula is C22H19FN6O2. The first-order valence-electron chi connectivity index (χ1n) is 10.2. The van der Waals surface area contributed by atoms with E-state index >= 15 is 0 Å². The Morgan fingerprint density at radius 1 is 1.03 bits per heavy atom. The van der Waals surface area contributed by atoms with Gasteiger partial charge in [-0.25, -0.2) is 19.3 Å². The minimum atomic E-state index is -0.335. The normalized spacial score (nSPS) is 15.3. The molecule has 0 bridgehead atoms.